The molecule has 1 unspecified atom stereocenters. The second-order valence-electron chi connectivity index (χ2n) is 4.64. The van der Waals surface area contributed by atoms with Gasteiger partial charge in [-0.2, -0.15) is 0 Å². The van der Waals surface area contributed by atoms with Crippen LogP contribution in [0.25, 0.3) is 0 Å². The zero-order valence-corrected chi connectivity index (χ0v) is 10.2. The van der Waals surface area contributed by atoms with Crippen LogP contribution >= 0.6 is 0 Å². The van der Waals surface area contributed by atoms with E-state index >= 15 is 0 Å². The highest BCUT2D eigenvalue weighted by atomic mass is 32.2. The molecule has 17 heavy (non-hydrogen) atoms. The quantitative estimate of drug-likeness (QED) is 0.845. The Kier molecular flexibility index (Phi) is 2.73. The van der Waals surface area contributed by atoms with Crippen molar-refractivity contribution in [1.82, 2.24) is 5.16 Å². The van der Waals surface area contributed by atoms with Crippen LogP contribution in [0.4, 0.5) is 0 Å². The highest BCUT2D eigenvalue weighted by molar-refractivity contribution is 7.91. The molecular weight excluding hydrogens is 246 g/mol. The van der Waals surface area contributed by atoms with Gasteiger partial charge in [-0.3, -0.25) is 0 Å². The van der Waals surface area contributed by atoms with Crippen molar-refractivity contribution in [3.8, 4) is 0 Å². The number of aromatic carboxylic acids is 1. The fourth-order valence-electron chi connectivity index (χ4n) is 2.17. The van der Waals surface area contributed by atoms with Crippen LogP contribution in [0.15, 0.2) is 10.6 Å². The van der Waals surface area contributed by atoms with E-state index in [1.54, 1.807) is 6.92 Å². The van der Waals surface area contributed by atoms with Gasteiger partial charge in [0.2, 0.25) is 0 Å². The first kappa shape index (κ1) is 12.1. The van der Waals surface area contributed by atoms with Gasteiger partial charge >= 0.3 is 5.97 Å². The Labute approximate surface area is 98.5 Å². The Bertz CT molecular complexity index is 547. The van der Waals surface area contributed by atoms with Crippen LogP contribution in [0, 0.1) is 0 Å². The molecule has 1 N–H and O–H groups in total. The number of carbonyl (C=O) groups is 1. The van der Waals surface area contributed by atoms with Crippen LogP contribution < -0.4 is 0 Å². The molecule has 1 atom stereocenters. The topological polar surface area (TPSA) is 97.5 Å². The smallest absolute Gasteiger partial charge is 0.358 e. The monoisotopic (exact) mass is 259 g/mol. The van der Waals surface area contributed by atoms with Crippen molar-refractivity contribution in [2.24, 2.45) is 0 Å². The summed E-state index contributed by atoms with van der Waals surface area (Å²) >= 11 is 0. The van der Waals surface area contributed by atoms with Gasteiger partial charge in [0.05, 0.1) is 11.5 Å². The minimum absolute atomic E-state index is 0.0196. The minimum Gasteiger partial charge on any atom is -0.476 e. The molecule has 1 aliphatic rings. The molecule has 1 aromatic heterocycles. The lowest BCUT2D eigenvalue weighted by atomic mass is 9.84. The van der Waals surface area contributed by atoms with Crippen LogP contribution in [0.1, 0.15) is 36.0 Å². The average molecular weight is 259 g/mol. The molecule has 0 aliphatic carbocycles. The van der Waals surface area contributed by atoms with E-state index in [9.17, 15) is 13.2 Å². The van der Waals surface area contributed by atoms with E-state index in [1.807, 2.05) is 0 Å². The summed E-state index contributed by atoms with van der Waals surface area (Å²) < 4.78 is 28.2. The molecule has 0 spiro atoms. The summed E-state index contributed by atoms with van der Waals surface area (Å²) in [6, 6.07) is 1.31. The lowest BCUT2D eigenvalue weighted by molar-refractivity contribution is 0.0685. The van der Waals surface area contributed by atoms with Gasteiger partial charge in [0.15, 0.2) is 15.5 Å². The van der Waals surface area contributed by atoms with Gasteiger partial charge in [-0.05, 0) is 12.8 Å². The maximum Gasteiger partial charge on any atom is 0.358 e. The number of rotatable bonds is 2. The minimum atomic E-state index is -3.08. The molecule has 2 rings (SSSR count). The van der Waals surface area contributed by atoms with Crippen molar-refractivity contribution in [3.63, 3.8) is 0 Å². The molecular formula is C10H13NO5S. The largest absolute Gasteiger partial charge is 0.476 e. The third-order valence-electron chi connectivity index (χ3n) is 3.05. The molecule has 1 aromatic rings. The molecule has 0 saturated carbocycles. The van der Waals surface area contributed by atoms with Gasteiger partial charge in [-0.15, -0.1) is 0 Å². The fraction of sp³-hybridized carbons (Fsp3) is 0.600. The number of sulfone groups is 1. The maximum atomic E-state index is 11.6. The number of aromatic nitrogens is 1. The molecule has 1 fully saturated rings. The summed E-state index contributed by atoms with van der Waals surface area (Å²) in [7, 11) is -3.08. The summed E-state index contributed by atoms with van der Waals surface area (Å²) in [5.41, 5.74) is -0.859. The predicted octanol–water partition coefficient (Wildman–Crippen LogP) is 0.839. The second-order valence-corrected chi connectivity index (χ2v) is 6.82. The first-order valence-electron chi connectivity index (χ1n) is 5.23. The van der Waals surface area contributed by atoms with Gasteiger partial charge in [0, 0.05) is 11.5 Å². The number of nitrogens with zero attached hydrogens (tertiary/aromatic N) is 1. The van der Waals surface area contributed by atoms with Crippen molar-refractivity contribution < 1.29 is 22.8 Å². The Morgan fingerprint density at radius 3 is 2.82 bits per heavy atom. The molecule has 2 heterocycles. The van der Waals surface area contributed by atoms with E-state index < -0.39 is 21.2 Å². The molecule has 7 heteroatoms. The van der Waals surface area contributed by atoms with E-state index in [1.165, 1.54) is 6.07 Å². The molecule has 1 aliphatic heterocycles. The molecule has 0 amide bonds. The molecule has 1 saturated heterocycles. The van der Waals surface area contributed by atoms with Crippen molar-refractivity contribution in [2.75, 3.05) is 11.5 Å². The van der Waals surface area contributed by atoms with Crippen molar-refractivity contribution >= 4 is 15.8 Å². The Hall–Kier alpha value is -1.37. The van der Waals surface area contributed by atoms with E-state index in [0.29, 0.717) is 18.6 Å². The van der Waals surface area contributed by atoms with Crippen molar-refractivity contribution in [2.45, 2.75) is 25.2 Å². The van der Waals surface area contributed by atoms with E-state index in [2.05, 4.69) is 5.16 Å². The first-order chi connectivity index (χ1) is 7.82. The van der Waals surface area contributed by atoms with Crippen LogP contribution in [-0.4, -0.2) is 36.2 Å². The summed E-state index contributed by atoms with van der Waals surface area (Å²) in [6.45, 7) is 1.76. The van der Waals surface area contributed by atoms with E-state index in [0.717, 1.165) is 0 Å². The lowest BCUT2D eigenvalue weighted by Gasteiger charge is -2.30. The zero-order valence-electron chi connectivity index (χ0n) is 9.34. The van der Waals surface area contributed by atoms with E-state index in [4.69, 9.17) is 9.63 Å². The number of hydrogen-bond acceptors (Lipinski definition) is 5. The van der Waals surface area contributed by atoms with Gasteiger partial charge in [-0.1, -0.05) is 12.1 Å². The summed E-state index contributed by atoms with van der Waals surface area (Å²) in [4.78, 5) is 10.7. The normalized spacial score (nSPS) is 27.8. The molecule has 0 aromatic carbocycles. The molecule has 6 nitrogen and oxygen atoms in total. The Balaban J connectivity index is 2.34. The third-order valence-corrected chi connectivity index (χ3v) is 5.03. The predicted molar refractivity (Wildman–Crippen MR) is 58.7 cm³/mol. The summed E-state index contributed by atoms with van der Waals surface area (Å²) in [6.07, 6.45) is 1.21. The SMILES string of the molecule is CC1(c2cc(C(=O)O)no2)CCCS(=O)(=O)C1. The molecule has 0 bridgehead atoms. The van der Waals surface area contributed by atoms with Gasteiger partial charge in [0.1, 0.15) is 5.76 Å². The number of hydrogen-bond donors (Lipinski definition) is 1. The summed E-state index contributed by atoms with van der Waals surface area (Å²) in [5, 5.41) is 12.2. The number of carboxylic acids is 1. The molecule has 94 valence electrons. The highest BCUT2D eigenvalue weighted by Crippen LogP contribution is 2.35. The highest BCUT2D eigenvalue weighted by Gasteiger charge is 2.39. The van der Waals surface area contributed by atoms with Gasteiger partial charge in [-0.25, -0.2) is 13.2 Å². The molecule has 0 radical (unpaired) electrons. The Morgan fingerprint density at radius 2 is 2.29 bits per heavy atom. The lowest BCUT2D eigenvalue weighted by Crippen LogP contribution is -2.37. The standard InChI is InChI=1S/C10H13NO5S/c1-10(3-2-4-17(14,15)6-10)8-5-7(9(12)13)11-16-8/h5H,2-4,6H2,1H3,(H,12,13). The zero-order chi connectivity index (χ0) is 12.7. The average Bonchev–Trinajstić information content (AvgIpc) is 2.64. The first-order valence-corrected chi connectivity index (χ1v) is 7.05. The van der Waals surface area contributed by atoms with E-state index in [-0.39, 0.29) is 17.2 Å². The van der Waals surface area contributed by atoms with Crippen molar-refractivity contribution in [1.29, 1.82) is 0 Å². The third kappa shape index (κ3) is 2.33. The van der Waals surface area contributed by atoms with Gasteiger partial charge < -0.3 is 9.63 Å². The fourth-order valence-corrected chi connectivity index (χ4v) is 4.15. The van der Waals surface area contributed by atoms with Crippen molar-refractivity contribution in [3.05, 3.63) is 17.5 Å². The van der Waals surface area contributed by atoms with Crippen LogP contribution in [0.2, 0.25) is 0 Å². The summed E-state index contributed by atoms with van der Waals surface area (Å²) in [5.74, 6) is -0.683. The van der Waals surface area contributed by atoms with Gasteiger partial charge in [0.25, 0.3) is 0 Å². The number of carboxylic acid groups (broad SMARTS) is 1. The van der Waals surface area contributed by atoms with Crippen LogP contribution in [0.5, 0.6) is 0 Å². The Morgan fingerprint density at radius 1 is 1.59 bits per heavy atom. The van der Waals surface area contributed by atoms with Crippen LogP contribution in [0.3, 0.4) is 0 Å². The second kappa shape index (κ2) is 3.83. The maximum absolute atomic E-state index is 11.6. The van der Waals surface area contributed by atoms with Crippen LogP contribution in [-0.2, 0) is 15.3 Å².